The van der Waals surface area contributed by atoms with Gasteiger partial charge in [0, 0.05) is 24.9 Å². The highest BCUT2D eigenvalue weighted by Crippen LogP contribution is 2.46. The zero-order valence-electron chi connectivity index (χ0n) is 15.0. The van der Waals surface area contributed by atoms with E-state index >= 15 is 0 Å². The summed E-state index contributed by atoms with van der Waals surface area (Å²) in [5, 5.41) is 14.7. The molecule has 4 heterocycles. The molecule has 1 atom stereocenters. The second kappa shape index (κ2) is 5.84. The predicted octanol–water partition coefficient (Wildman–Crippen LogP) is 2.08. The number of halogens is 2. The van der Waals surface area contributed by atoms with E-state index in [0.717, 1.165) is 16.1 Å². The van der Waals surface area contributed by atoms with Gasteiger partial charge in [-0.05, 0) is 37.5 Å². The smallest absolute Gasteiger partial charge is 0.352 e. The summed E-state index contributed by atoms with van der Waals surface area (Å²) < 4.78 is 31.5. The third-order valence-corrected chi connectivity index (χ3v) is 5.89. The minimum Gasteiger partial charge on any atom is -0.383 e. The van der Waals surface area contributed by atoms with Crippen LogP contribution in [0.25, 0.3) is 5.52 Å². The lowest BCUT2D eigenvalue weighted by atomic mass is 9.74. The Morgan fingerprint density at radius 1 is 1.36 bits per heavy atom. The molecule has 1 saturated carbocycles. The minimum atomic E-state index is -3.85. The van der Waals surface area contributed by atoms with E-state index in [4.69, 9.17) is 0 Å². The fourth-order valence-electron chi connectivity index (χ4n) is 4.09. The van der Waals surface area contributed by atoms with Crippen LogP contribution < -0.4 is 0 Å². The number of nitrogens with one attached hydrogen (secondary N) is 1. The van der Waals surface area contributed by atoms with Crippen molar-refractivity contribution in [3.8, 4) is 0 Å². The number of carbonyl (C=O) groups is 1. The Hall–Kier alpha value is -2.81. The third kappa shape index (κ3) is 2.32. The number of hydrogen-bond acceptors (Lipinski definition) is 4. The van der Waals surface area contributed by atoms with E-state index in [1.165, 1.54) is 6.33 Å². The van der Waals surface area contributed by atoms with E-state index < -0.39 is 23.5 Å². The highest BCUT2D eigenvalue weighted by Gasteiger charge is 2.63. The Morgan fingerprint density at radius 3 is 2.89 bits per heavy atom. The summed E-state index contributed by atoms with van der Waals surface area (Å²) in [5.41, 5.74) is 0.302. The normalized spacial score (nSPS) is 21.4. The van der Waals surface area contributed by atoms with Crippen LogP contribution in [0.4, 0.5) is 8.78 Å². The number of carbonyl (C=O) groups excluding carboxylic acids is 1. The molecule has 3 aromatic heterocycles. The summed E-state index contributed by atoms with van der Waals surface area (Å²) in [6, 6.07) is 6.45. The van der Waals surface area contributed by atoms with Crippen molar-refractivity contribution in [1.29, 1.82) is 0 Å². The molecule has 0 saturated heterocycles. The summed E-state index contributed by atoms with van der Waals surface area (Å²) in [4.78, 5) is 21.4. The zero-order valence-corrected chi connectivity index (χ0v) is 15.0. The van der Waals surface area contributed by atoms with Crippen molar-refractivity contribution in [2.45, 2.75) is 43.2 Å². The van der Waals surface area contributed by atoms with Crippen LogP contribution in [-0.2, 0) is 11.2 Å². The number of imidazole rings is 1. The SMILES string of the molecule is O=C(N1CCc2[nH]cnc2[C@@H]1c1cc2ccccn2n1)C(F)(F)C1(O)CCC1. The van der Waals surface area contributed by atoms with E-state index in [0.29, 0.717) is 24.2 Å². The summed E-state index contributed by atoms with van der Waals surface area (Å²) in [6.45, 7) is 0.0955. The van der Waals surface area contributed by atoms with Crippen molar-refractivity contribution in [3.63, 3.8) is 0 Å². The van der Waals surface area contributed by atoms with Crippen LogP contribution in [0.1, 0.15) is 42.4 Å². The molecule has 2 aliphatic rings. The average Bonchev–Trinajstić information content (AvgIpc) is 3.30. The third-order valence-electron chi connectivity index (χ3n) is 5.89. The monoisotopic (exact) mass is 387 g/mol. The maximum absolute atomic E-state index is 14.9. The van der Waals surface area contributed by atoms with Crippen molar-refractivity contribution >= 4 is 11.4 Å². The maximum Gasteiger partial charge on any atom is 0.352 e. The Balaban J connectivity index is 1.59. The molecule has 28 heavy (non-hydrogen) atoms. The number of fused-ring (bicyclic) bond motifs is 2. The molecule has 146 valence electrons. The first-order chi connectivity index (χ1) is 13.4. The van der Waals surface area contributed by atoms with Gasteiger partial charge in [-0.25, -0.2) is 9.50 Å². The number of rotatable bonds is 3. The predicted molar refractivity (Wildman–Crippen MR) is 94.8 cm³/mol. The lowest BCUT2D eigenvalue weighted by molar-refractivity contribution is -0.224. The summed E-state index contributed by atoms with van der Waals surface area (Å²) in [7, 11) is 0. The van der Waals surface area contributed by atoms with E-state index in [1.54, 1.807) is 16.8 Å². The summed E-state index contributed by atoms with van der Waals surface area (Å²) in [6.07, 6.45) is 3.97. The van der Waals surface area contributed by atoms with Gasteiger partial charge in [0.1, 0.15) is 11.6 Å². The van der Waals surface area contributed by atoms with Gasteiger partial charge in [-0.2, -0.15) is 13.9 Å². The Labute approximate surface area is 159 Å². The van der Waals surface area contributed by atoms with Crippen LogP contribution >= 0.6 is 0 Å². The molecular weight excluding hydrogens is 368 g/mol. The van der Waals surface area contributed by atoms with Gasteiger partial charge in [0.15, 0.2) is 0 Å². The van der Waals surface area contributed by atoms with Crippen LogP contribution in [0.3, 0.4) is 0 Å². The molecule has 0 radical (unpaired) electrons. The number of nitrogens with zero attached hydrogens (tertiary/aromatic N) is 4. The van der Waals surface area contributed by atoms with Crippen molar-refractivity contribution in [2.24, 2.45) is 0 Å². The molecule has 1 fully saturated rings. The number of hydrogen-bond donors (Lipinski definition) is 2. The molecule has 3 aromatic rings. The van der Waals surface area contributed by atoms with Crippen LogP contribution in [0.15, 0.2) is 36.8 Å². The molecule has 1 aliphatic heterocycles. The number of amides is 1. The van der Waals surface area contributed by atoms with Crippen LogP contribution in [0, 0.1) is 0 Å². The molecule has 5 rings (SSSR count). The number of alkyl halides is 2. The zero-order chi connectivity index (χ0) is 19.5. The van der Waals surface area contributed by atoms with Gasteiger partial charge in [-0.1, -0.05) is 6.07 Å². The lowest BCUT2D eigenvalue weighted by Gasteiger charge is -2.45. The fraction of sp³-hybridized carbons (Fsp3) is 0.421. The number of H-pyrrole nitrogens is 1. The number of aliphatic hydroxyl groups is 1. The van der Waals surface area contributed by atoms with Crippen molar-refractivity contribution < 1.29 is 18.7 Å². The lowest BCUT2D eigenvalue weighted by Crippen LogP contribution is -2.62. The highest BCUT2D eigenvalue weighted by atomic mass is 19.3. The molecule has 0 spiro atoms. The average molecular weight is 387 g/mol. The minimum absolute atomic E-state index is 0.0771. The van der Waals surface area contributed by atoms with Gasteiger partial charge >= 0.3 is 5.92 Å². The molecule has 0 aromatic carbocycles. The molecule has 9 heteroatoms. The van der Waals surface area contributed by atoms with Gasteiger partial charge < -0.3 is 15.0 Å². The maximum atomic E-state index is 14.9. The van der Waals surface area contributed by atoms with Gasteiger partial charge in [0.05, 0.1) is 23.2 Å². The Morgan fingerprint density at radius 2 is 2.18 bits per heavy atom. The number of aromatic amines is 1. The van der Waals surface area contributed by atoms with Crippen molar-refractivity contribution in [2.75, 3.05) is 6.54 Å². The largest absolute Gasteiger partial charge is 0.383 e. The molecule has 1 amide bonds. The van der Waals surface area contributed by atoms with E-state index in [2.05, 4.69) is 15.1 Å². The fourth-order valence-corrected chi connectivity index (χ4v) is 4.09. The second-order valence-electron chi connectivity index (χ2n) is 7.52. The van der Waals surface area contributed by atoms with Crippen molar-refractivity contribution in [1.82, 2.24) is 24.5 Å². The first-order valence-corrected chi connectivity index (χ1v) is 9.28. The second-order valence-corrected chi connectivity index (χ2v) is 7.52. The molecule has 0 bridgehead atoms. The van der Waals surface area contributed by atoms with Crippen LogP contribution in [0.2, 0.25) is 0 Å². The van der Waals surface area contributed by atoms with Gasteiger partial charge in [0.2, 0.25) is 0 Å². The van der Waals surface area contributed by atoms with Crippen LogP contribution in [-0.4, -0.2) is 53.6 Å². The Kier molecular flexibility index (Phi) is 3.61. The first-order valence-electron chi connectivity index (χ1n) is 9.28. The molecule has 7 nitrogen and oxygen atoms in total. The first kappa shape index (κ1) is 17.3. The highest BCUT2D eigenvalue weighted by molar-refractivity contribution is 5.86. The molecule has 1 aliphatic carbocycles. The summed E-state index contributed by atoms with van der Waals surface area (Å²) >= 11 is 0. The molecule has 2 N–H and O–H groups in total. The van der Waals surface area contributed by atoms with Crippen molar-refractivity contribution in [3.05, 3.63) is 53.9 Å². The summed E-state index contributed by atoms with van der Waals surface area (Å²) in [5.74, 6) is -5.22. The number of pyridine rings is 1. The quantitative estimate of drug-likeness (QED) is 0.721. The van der Waals surface area contributed by atoms with Gasteiger partial charge in [-0.3, -0.25) is 4.79 Å². The topological polar surface area (TPSA) is 86.5 Å². The van der Waals surface area contributed by atoms with E-state index in [1.807, 2.05) is 18.2 Å². The molecule has 0 unspecified atom stereocenters. The number of aromatic nitrogens is 4. The standard InChI is InChI=1S/C19H19F2N5O2/c20-19(21,18(28)6-3-7-18)17(27)25-9-5-13-15(23-11-22-13)16(25)14-10-12-4-1-2-8-26(12)24-14/h1-2,4,8,10-11,16,28H,3,5-7,9H2,(H,22,23)/t16-/m0/s1. The van der Waals surface area contributed by atoms with E-state index in [-0.39, 0.29) is 19.4 Å². The van der Waals surface area contributed by atoms with Gasteiger partial charge in [-0.15, -0.1) is 0 Å². The van der Waals surface area contributed by atoms with Gasteiger partial charge in [0.25, 0.3) is 5.91 Å². The van der Waals surface area contributed by atoms with E-state index in [9.17, 15) is 18.7 Å². The molecular formula is C19H19F2N5O2. The van der Waals surface area contributed by atoms with Crippen LogP contribution in [0.5, 0.6) is 0 Å². The Bertz CT molecular complexity index is 1020.